The molecule has 5 heteroatoms. The number of ether oxygens (including phenoxy) is 4. The molecule has 1 saturated heterocycles. The minimum atomic E-state index is -0.380. The van der Waals surface area contributed by atoms with E-state index in [1.54, 1.807) is 0 Å². The highest BCUT2D eigenvalue weighted by Crippen LogP contribution is 2.30. The van der Waals surface area contributed by atoms with Crippen LogP contribution in [0.15, 0.2) is 91.0 Å². The van der Waals surface area contributed by atoms with Gasteiger partial charge in [-0.3, -0.25) is 0 Å². The molecule has 0 bridgehead atoms. The molecule has 0 saturated carbocycles. The van der Waals surface area contributed by atoms with Gasteiger partial charge >= 0.3 is 0 Å². The van der Waals surface area contributed by atoms with Crippen LogP contribution in [0.25, 0.3) is 0 Å². The summed E-state index contributed by atoms with van der Waals surface area (Å²) in [5.41, 5.74) is 2.96. The summed E-state index contributed by atoms with van der Waals surface area (Å²) in [6, 6.07) is 30.3. The Balaban J connectivity index is 1.39. The lowest BCUT2D eigenvalue weighted by atomic mass is 10.1. The molecule has 162 valence electrons. The maximum atomic E-state index is 6.30. The van der Waals surface area contributed by atoms with Crippen molar-refractivity contribution in [1.29, 1.82) is 0 Å². The average Bonchev–Trinajstić information content (AvgIpc) is 3.12. The van der Waals surface area contributed by atoms with E-state index in [1.807, 2.05) is 78.9 Å². The monoisotopic (exact) mass is 436 g/mol. The molecule has 0 aromatic heterocycles. The first-order valence-corrected chi connectivity index (χ1v) is 11.1. The third kappa shape index (κ3) is 6.42. The normalized spacial score (nSPS) is 23.1. The Bertz CT molecular complexity index is 891. The van der Waals surface area contributed by atoms with Gasteiger partial charge in [0.2, 0.25) is 0 Å². The molecule has 4 nitrogen and oxygen atoms in total. The van der Waals surface area contributed by atoms with E-state index in [9.17, 15) is 0 Å². The van der Waals surface area contributed by atoms with Crippen molar-refractivity contribution in [2.45, 2.75) is 43.6 Å². The molecule has 1 aliphatic rings. The van der Waals surface area contributed by atoms with Crippen molar-refractivity contribution in [3.05, 3.63) is 108 Å². The van der Waals surface area contributed by atoms with Gasteiger partial charge in [-0.2, -0.15) is 0 Å². The van der Waals surface area contributed by atoms with Crippen molar-refractivity contribution in [3.8, 4) is 0 Å². The van der Waals surface area contributed by atoms with E-state index in [4.69, 9.17) is 18.9 Å². The van der Waals surface area contributed by atoms with Crippen LogP contribution in [0.4, 0.5) is 0 Å². The fraction of sp³-hybridized carbons (Fsp3) is 0.308. The molecule has 0 aliphatic carbocycles. The molecular weight excluding hydrogens is 408 g/mol. The first-order chi connectivity index (χ1) is 15.3. The summed E-state index contributed by atoms with van der Waals surface area (Å²) in [6.07, 6.45) is -0.824. The van der Waals surface area contributed by atoms with Crippen LogP contribution in [-0.2, 0) is 38.8 Å². The minimum absolute atomic E-state index is 0.254. The average molecular weight is 437 g/mol. The maximum Gasteiger partial charge on any atom is 0.129 e. The SMILES string of the molecule is S[C@@H]1O[C@H](COCc2ccccc2)[C@@H](OCc2ccccc2)[C@@H]1OCc1ccccc1. The van der Waals surface area contributed by atoms with E-state index in [-0.39, 0.29) is 23.7 Å². The van der Waals surface area contributed by atoms with E-state index >= 15 is 0 Å². The lowest BCUT2D eigenvalue weighted by Gasteiger charge is -2.24. The number of hydrogen-bond donors (Lipinski definition) is 1. The second-order valence-corrected chi connectivity index (χ2v) is 8.10. The molecule has 0 amide bonds. The Labute approximate surface area is 189 Å². The highest BCUT2D eigenvalue weighted by molar-refractivity contribution is 7.80. The van der Waals surface area contributed by atoms with Gasteiger partial charge in [0.15, 0.2) is 0 Å². The van der Waals surface area contributed by atoms with E-state index in [0.29, 0.717) is 26.4 Å². The standard InChI is InChI=1S/C26H28O4S/c31-26-25(29-18-22-14-8-3-9-15-22)24(28-17-21-12-6-2-7-13-21)23(30-26)19-27-16-20-10-4-1-5-11-20/h1-15,23-26,31H,16-19H2/t23-,24-,25+,26+/m1/s1. The quantitative estimate of drug-likeness (QED) is 0.453. The molecule has 3 aromatic carbocycles. The van der Waals surface area contributed by atoms with E-state index < -0.39 is 0 Å². The highest BCUT2D eigenvalue weighted by Gasteiger charge is 2.45. The largest absolute Gasteiger partial charge is 0.374 e. The van der Waals surface area contributed by atoms with Crippen LogP contribution in [0.3, 0.4) is 0 Å². The zero-order valence-corrected chi connectivity index (χ0v) is 18.3. The maximum absolute atomic E-state index is 6.30. The van der Waals surface area contributed by atoms with Crippen LogP contribution in [0.5, 0.6) is 0 Å². The highest BCUT2D eigenvalue weighted by atomic mass is 32.1. The van der Waals surface area contributed by atoms with Gasteiger partial charge in [-0.1, -0.05) is 91.0 Å². The fourth-order valence-corrected chi connectivity index (χ4v) is 4.03. The van der Waals surface area contributed by atoms with Gasteiger partial charge in [0.25, 0.3) is 0 Å². The van der Waals surface area contributed by atoms with Gasteiger partial charge in [0.05, 0.1) is 26.4 Å². The Morgan fingerprint density at radius 2 is 1.06 bits per heavy atom. The van der Waals surface area contributed by atoms with Crippen LogP contribution in [0.2, 0.25) is 0 Å². The second kappa shape index (κ2) is 11.5. The van der Waals surface area contributed by atoms with Gasteiger partial charge in [-0.05, 0) is 16.7 Å². The molecular formula is C26H28O4S. The fourth-order valence-electron chi connectivity index (χ4n) is 3.62. The molecule has 1 aliphatic heterocycles. The van der Waals surface area contributed by atoms with Crippen LogP contribution in [-0.4, -0.2) is 30.4 Å². The lowest BCUT2D eigenvalue weighted by Crippen LogP contribution is -2.38. The van der Waals surface area contributed by atoms with Crippen molar-refractivity contribution >= 4 is 12.6 Å². The molecule has 31 heavy (non-hydrogen) atoms. The number of thiol groups is 1. The Morgan fingerprint density at radius 1 is 0.613 bits per heavy atom. The van der Waals surface area contributed by atoms with E-state index in [2.05, 4.69) is 24.8 Å². The topological polar surface area (TPSA) is 36.9 Å². The van der Waals surface area contributed by atoms with Crippen LogP contribution >= 0.6 is 12.6 Å². The van der Waals surface area contributed by atoms with Gasteiger partial charge < -0.3 is 18.9 Å². The Hall–Kier alpha value is -2.15. The number of benzene rings is 3. The first-order valence-electron chi connectivity index (χ1n) is 10.6. The number of rotatable bonds is 10. The molecule has 1 heterocycles. The predicted octanol–water partition coefficient (Wildman–Crippen LogP) is 5.03. The van der Waals surface area contributed by atoms with E-state index in [0.717, 1.165) is 16.7 Å². The minimum Gasteiger partial charge on any atom is -0.374 e. The predicted molar refractivity (Wildman–Crippen MR) is 124 cm³/mol. The zero-order chi connectivity index (χ0) is 21.3. The van der Waals surface area contributed by atoms with E-state index in [1.165, 1.54) is 0 Å². The molecule has 3 aromatic rings. The van der Waals surface area contributed by atoms with Crippen molar-refractivity contribution < 1.29 is 18.9 Å². The molecule has 0 spiro atoms. The van der Waals surface area contributed by atoms with Crippen molar-refractivity contribution in [2.75, 3.05) is 6.61 Å². The summed E-state index contributed by atoms with van der Waals surface area (Å²) >= 11 is 4.64. The lowest BCUT2D eigenvalue weighted by molar-refractivity contribution is -0.0895. The number of hydrogen-bond acceptors (Lipinski definition) is 5. The zero-order valence-electron chi connectivity index (χ0n) is 17.4. The van der Waals surface area contributed by atoms with Gasteiger partial charge in [-0.25, -0.2) is 0 Å². The van der Waals surface area contributed by atoms with Crippen molar-refractivity contribution in [1.82, 2.24) is 0 Å². The summed E-state index contributed by atoms with van der Waals surface area (Å²) in [5, 5.41) is 0. The van der Waals surface area contributed by atoms with Crippen LogP contribution in [0, 0.1) is 0 Å². The Morgan fingerprint density at radius 3 is 1.58 bits per heavy atom. The molecule has 0 radical (unpaired) electrons. The van der Waals surface area contributed by atoms with Crippen LogP contribution < -0.4 is 0 Å². The summed E-state index contributed by atoms with van der Waals surface area (Å²) in [7, 11) is 0. The molecule has 4 rings (SSSR count). The van der Waals surface area contributed by atoms with Crippen molar-refractivity contribution in [3.63, 3.8) is 0 Å². The summed E-state index contributed by atoms with van der Waals surface area (Å²) in [4.78, 5) is 0. The molecule has 1 fully saturated rings. The van der Waals surface area contributed by atoms with Gasteiger partial charge in [0, 0.05) is 0 Å². The van der Waals surface area contributed by atoms with Gasteiger partial charge in [0.1, 0.15) is 23.7 Å². The Kier molecular flexibility index (Phi) is 8.16. The van der Waals surface area contributed by atoms with Gasteiger partial charge in [-0.15, -0.1) is 12.6 Å². The third-order valence-corrected chi connectivity index (χ3v) is 5.67. The third-order valence-electron chi connectivity index (χ3n) is 5.25. The summed E-state index contributed by atoms with van der Waals surface area (Å²) in [5.74, 6) is 0. The first kappa shape index (κ1) is 22.1. The molecule has 0 N–H and O–H groups in total. The van der Waals surface area contributed by atoms with Crippen LogP contribution in [0.1, 0.15) is 16.7 Å². The second-order valence-electron chi connectivity index (χ2n) is 7.59. The smallest absolute Gasteiger partial charge is 0.129 e. The molecule has 0 unspecified atom stereocenters. The van der Waals surface area contributed by atoms with Crippen molar-refractivity contribution in [2.24, 2.45) is 0 Å². The summed E-state index contributed by atoms with van der Waals surface area (Å²) < 4.78 is 24.6. The molecule has 4 atom stereocenters. The summed E-state index contributed by atoms with van der Waals surface area (Å²) in [6.45, 7) is 1.90.